The van der Waals surface area contributed by atoms with Gasteiger partial charge in [0.05, 0.1) is 12.6 Å². The number of benzene rings is 1. The lowest BCUT2D eigenvalue weighted by molar-refractivity contribution is 0.226. The quantitative estimate of drug-likeness (QED) is 0.750. The van der Waals surface area contributed by atoms with Crippen molar-refractivity contribution in [2.24, 2.45) is 4.99 Å². The van der Waals surface area contributed by atoms with E-state index in [0.29, 0.717) is 36.3 Å². The Balaban J connectivity index is 1.69. The lowest BCUT2D eigenvalue weighted by Crippen LogP contribution is -2.50. The largest absolute Gasteiger partial charge is 0.337 e. The molecule has 3 heterocycles. The van der Waals surface area contributed by atoms with Crippen molar-refractivity contribution in [2.45, 2.75) is 38.5 Å². The fraction of sp³-hybridized carbons (Fsp3) is 0.450. The Labute approximate surface area is 170 Å². The minimum Gasteiger partial charge on any atom is -0.337 e. The summed E-state index contributed by atoms with van der Waals surface area (Å²) in [6.45, 7) is 4.63. The van der Waals surface area contributed by atoms with E-state index < -0.39 is 9.84 Å². The average Bonchev–Trinajstić information content (AvgIpc) is 3.30. The average molecular weight is 416 g/mol. The summed E-state index contributed by atoms with van der Waals surface area (Å²) < 4.78 is 24.1. The Hall–Kier alpha value is -2.68. The Kier molecular flexibility index (Phi) is 5.16. The van der Waals surface area contributed by atoms with Gasteiger partial charge in [-0.25, -0.2) is 18.2 Å². The van der Waals surface area contributed by atoms with Crippen LogP contribution < -0.4 is 4.90 Å². The van der Waals surface area contributed by atoms with Crippen LogP contribution in [0.3, 0.4) is 0 Å². The highest BCUT2D eigenvalue weighted by Crippen LogP contribution is 2.31. The molecule has 0 unspecified atom stereocenters. The van der Waals surface area contributed by atoms with Crippen molar-refractivity contribution >= 4 is 27.5 Å². The maximum atomic E-state index is 13.1. The van der Waals surface area contributed by atoms with Gasteiger partial charge in [-0.2, -0.15) is 0 Å². The maximum absolute atomic E-state index is 13.1. The van der Waals surface area contributed by atoms with Crippen molar-refractivity contribution in [3.63, 3.8) is 0 Å². The molecule has 9 heteroatoms. The van der Waals surface area contributed by atoms with E-state index in [9.17, 15) is 13.2 Å². The number of rotatable bonds is 7. The molecular formula is C20H25N5O3S. The Bertz CT molecular complexity index is 1050. The highest BCUT2D eigenvalue weighted by molar-refractivity contribution is 7.90. The summed E-state index contributed by atoms with van der Waals surface area (Å²) in [6.07, 6.45) is 1.51. The molecule has 0 radical (unpaired) electrons. The topological polar surface area (TPSA) is 98.7 Å². The first kappa shape index (κ1) is 19.6. The number of aliphatic imine (C=N–C) groups is 1. The standard InChI is InChI=1S/C20H25N5O3S/c1-3-10-24-19-17(22-16(23-19)13-29(27,28)4-2)18-21-15(12-25(18)20(24)26)11-14-8-6-5-7-9-14/h5-9,15H,3-4,10-13H2,1-2H3,(H,22,23)/t15-/m1/s1. The number of aromatic amines is 1. The first-order valence-electron chi connectivity index (χ1n) is 9.92. The summed E-state index contributed by atoms with van der Waals surface area (Å²) >= 11 is 0. The molecule has 0 bridgehead atoms. The fourth-order valence-corrected chi connectivity index (χ4v) is 4.51. The van der Waals surface area contributed by atoms with Crippen LogP contribution in [0.1, 0.15) is 37.4 Å². The minimum absolute atomic E-state index is 0.0438. The van der Waals surface area contributed by atoms with Gasteiger partial charge in [0, 0.05) is 12.3 Å². The van der Waals surface area contributed by atoms with E-state index in [-0.39, 0.29) is 23.6 Å². The fourth-order valence-electron chi connectivity index (χ4n) is 3.75. The number of hydrogen-bond acceptors (Lipinski definition) is 5. The number of fused-ring (bicyclic) bond motifs is 3. The third-order valence-corrected chi connectivity index (χ3v) is 6.78. The summed E-state index contributed by atoms with van der Waals surface area (Å²) in [5, 5.41) is 0. The van der Waals surface area contributed by atoms with Crippen LogP contribution in [0, 0.1) is 0 Å². The molecule has 1 aromatic carbocycles. The number of nitrogens with zero attached hydrogens (tertiary/aromatic N) is 4. The molecule has 0 fully saturated rings. The van der Waals surface area contributed by atoms with Crippen LogP contribution in [-0.2, 0) is 22.0 Å². The zero-order chi connectivity index (χ0) is 20.6. The first-order chi connectivity index (χ1) is 13.9. The van der Waals surface area contributed by atoms with Crippen molar-refractivity contribution in [2.75, 3.05) is 23.7 Å². The lowest BCUT2D eigenvalue weighted by atomic mass is 10.1. The zero-order valence-corrected chi connectivity index (χ0v) is 17.4. The molecule has 1 atom stereocenters. The van der Waals surface area contributed by atoms with Crippen molar-refractivity contribution in [1.82, 2.24) is 14.9 Å². The Morgan fingerprint density at radius 2 is 1.97 bits per heavy atom. The van der Waals surface area contributed by atoms with Crippen LogP contribution in [-0.4, -0.2) is 60.0 Å². The number of hydrogen-bond donors (Lipinski definition) is 1. The number of carbonyl (C=O) groups is 1. The van der Waals surface area contributed by atoms with E-state index in [0.717, 1.165) is 12.8 Å². The SMILES string of the molecule is CCCN1C(=O)N2C[C@@H](Cc3ccccc3)N=C2c2[nH]c(CS(=O)(=O)CC)nc21. The Morgan fingerprint density at radius 1 is 1.21 bits per heavy atom. The van der Waals surface area contributed by atoms with Gasteiger partial charge in [-0.1, -0.05) is 44.2 Å². The maximum Gasteiger partial charge on any atom is 0.331 e. The lowest BCUT2D eigenvalue weighted by Gasteiger charge is -2.32. The van der Waals surface area contributed by atoms with Crippen LogP contribution in [0.4, 0.5) is 10.6 Å². The number of imidazole rings is 1. The first-order valence-corrected chi connectivity index (χ1v) is 11.7. The highest BCUT2D eigenvalue weighted by Gasteiger charge is 2.42. The number of sulfone groups is 1. The Morgan fingerprint density at radius 3 is 2.66 bits per heavy atom. The molecule has 8 nitrogen and oxygen atoms in total. The second-order valence-electron chi connectivity index (χ2n) is 7.40. The van der Waals surface area contributed by atoms with Gasteiger partial charge in [0.1, 0.15) is 17.3 Å². The second-order valence-corrected chi connectivity index (χ2v) is 9.75. The van der Waals surface area contributed by atoms with E-state index in [2.05, 4.69) is 22.1 Å². The molecule has 154 valence electrons. The molecule has 0 saturated carbocycles. The molecule has 0 spiro atoms. The number of carbonyl (C=O) groups excluding carboxylic acids is 1. The number of aromatic nitrogens is 2. The number of anilines is 1. The predicted molar refractivity (Wildman–Crippen MR) is 112 cm³/mol. The van der Waals surface area contributed by atoms with E-state index in [1.165, 1.54) is 5.56 Å². The van der Waals surface area contributed by atoms with Gasteiger partial charge in [-0.15, -0.1) is 0 Å². The van der Waals surface area contributed by atoms with Gasteiger partial charge in [0.25, 0.3) is 0 Å². The van der Waals surface area contributed by atoms with E-state index in [1.807, 2.05) is 25.1 Å². The van der Waals surface area contributed by atoms with E-state index in [1.54, 1.807) is 16.7 Å². The molecule has 4 rings (SSSR count). The van der Waals surface area contributed by atoms with Crippen LogP contribution in [0.15, 0.2) is 35.3 Å². The van der Waals surface area contributed by atoms with Crippen LogP contribution in [0.2, 0.25) is 0 Å². The number of nitrogens with one attached hydrogen (secondary N) is 1. The van der Waals surface area contributed by atoms with Gasteiger partial charge in [0.15, 0.2) is 21.5 Å². The minimum atomic E-state index is -3.24. The summed E-state index contributed by atoms with van der Waals surface area (Å²) in [4.78, 5) is 28.8. The van der Waals surface area contributed by atoms with Gasteiger partial charge in [-0.05, 0) is 18.4 Å². The third-order valence-electron chi connectivity index (χ3n) is 5.19. The smallest absolute Gasteiger partial charge is 0.331 e. The van der Waals surface area contributed by atoms with Crippen molar-refractivity contribution in [3.05, 3.63) is 47.4 Å². The van der Waals surface area contributed by atoms with Crippen LogP contribution >= 0.6 is 0 Å². The zero-order valence-electron chi connectivity index (χ0n) is 16.6. The number of urea groups is 1. The van der Waals surface area contributed by atoms with Crippen LogP contribution in [0.25, 0.3) is 0 Å². The summed E-state index contributed by atoms with van der Waals surface area (Å²) in [6, 6.07) is 9.87. The molecule has 1 N–H and O–H groups in total. The van der Waals surface area contributed by atoms with Gasteiger partial charge in [0.2, 0.25) is 0 Å². The molecule has 1 aromatic heterocycles. The van der Waals surface area contributed by atoms with Crippen molar-refractivity contribution in [3.8, 4) is 0 Å². The van der Waals surface area contributed by atoms with Crippen molar-refractivity contribution in [1.29, 1.82) is 0 Å². The van der Waals surface area contributed by atoms with Gasteiger partial charge >= 0.3 is 6.03 Å². The second kappa shape index (κ2) is 7.62. The monoisotopic (exact) mass is 415 g/mol. The molecule has 2 aromatic rings. The molecule has 2 aliphatic heterocycles. The molecule has 0 saturated heterocycles. The van der Waals surface area contributed by atoms with Gasteiger partial charge < -0.3 is 4.98 Å². The van der Waals surface area contributed by atoms with E-state index in [4.69, 9.17) is 4.99 Å². The van der Waals surface area contributed by atoms with E-state index >= 15 is 0 Å². The van der Waals surface area contributed by atoms with Crippen molar-refractivity contribution < 1.29 is 13.2 Å². The third kappa shape index (κ3) is 3.78. The summed E-state index contributed by atoms with van der Waals surface area (Å²) in [5.74, 6) is 1.26. The summed E-state index contributed by atoms with van der Waals surface area (Å²) in [5.41, 5.74) is 1.80. The predicted octanol–water partition coefficient (Wildman–Crippen LogP) is 2.37. The molecule has 2 amide bonds. The molecule has 2 aliphatic rings. The number of amidine groups is 1. The molecule has 0 aliphatic carbocycles. The number of H-pyrrole nitrogens is 1. The highest BCUT2D eigenvalue weighted by atomic mass is 32.2. The molecule has 29 heavy (non-hydrogen) atoms. The van der Waals surface area contributed by atoms with Crippen LogP contribution in [0.5, 0.6) is 0 Å². The summed E-state index contributed by atoms with van der Waals surface area (Å²) in [7, 11) is -3.24. The normalized spacial score (nSPS) is 18.6. The molecular weight excluding hydrogens is 390 g/mol. The number of amides is 2. The van der Waals surface area contributed by atoms with Gasteiger partial charge in [-0.3, -0.25) is 14.8 Å².